The number of benzene rings is 3. The maximum Gasteiger partial charge on any atom is 0.323 e. The standard InChI is InChI=1S/C23H20N4O3/c24-17-8-6-16(7-9-17)23(30)25-18-10-11-20-19(13-18)26-21(27(20)14-22(28)29)12-15-4-2-1-3-5-15/h1-11,13H,12,14,24H2,(H,25,30)(H,28,29). The zero-order valence-electron chi connectivity index (χ0n) is 16.1. The predicted molar refractivity (Wildman–Crippen MR) is 115 cm³/mol. The summed E-state index contributed by atoms with van der Waals surface area (Å²) in [4.78, 5) is 28.5. The SMILES string of the molecule is Nc1ccc(C(=O)Nc2ccc3c(c2)nc(Cc2ccccc2)n3CC(=O)O)cc1. The molecule has 0 unspecified atom stereocenters. The molecule has 0 bridgehead atoms. The Bertz CT molecular complexity index is 1210. The van der Waals surface area contributed by atoms with Crippen LogP contribution in [0.5, 0.6) is 0 Å². The Labute approximate surface area is 172 Å². The third-order valence-corrected chi connectivity index (χ3v) is 4.76. The summed E-state index contributed by atoms with van der Waals surface area (Å²) in [6.45, 7) is -0.185. The summed E-state index contributed by atoms with van der Waals surface area (Å²) in [7, 11) is 0. The average Bonchev–Trinajstić information content (AvgIpc) is 3.05. The van der Waals surface area contributed by atoms with Crippen LogP contribution in [0.4, 0.5) is 11.4 Å². The number of carbonyl (C=O) groups excluding carboxylic acids is 1. The van der Waals surface area contributed by atoms with Crippen LogP contribution in [0.2, 0.25) is 0 Å². The Balaban J connectivity index is 1.65. The maximum atomic E-state index is 12.5. The van der Waals surface area contributed by atoms with E-state index in [1.807, 2.05) is 30.3 Å². The minimum atomic E-state index is -0.940. The van der Waals surface area contributed by atoms with Gasteiger partial charge in [-0.05, 0) is 48.0 Å². The van der Waals surface area contributed by atoms with Gasteiger partial charge in [0, 0.05) is 23.4 Å². The van der Waals surface area contributed by atoms with Crippen LogP contribution in [-0.4, -0.2) is 26.5 Å². The molecule has 1 amide bonds. The van der Waals surface area contributed by atoms with Gasteiger partial charge in [0.05, 0.1) is 11.0 Å². The highest BCUT2D eigenvalue weighted by Crippen LogP contribution is 2.23. The van der Waals surface area contributed by atoms with Crippen LogP contribution in [0.1, 0.15) is 21.7 Å². The molecule has 0 atom stereocenters. The van der Waals surface area contributed by atoms with Gasteiger partial charge in [0.2, 0.25) is 0 Å². The zero-order chi connectivity index (χ0) is 21.1. The van der Waals surface area contributed by atoms with Crippen molar-refractivity contribution in [3.05, 3.63) is 89.7 Å². The highest BCUT2D eigenvalue weighted by atomic mass is 16.4. The molecule has 0 saturated carbocycles. The van der Waals surface area contributed by atoms with Crippen molar-refractivity contribution in [3.63, 3.8) is 0 Å². The number of anilines is 2. The second kappa shape index (κ2) is 8.08. The normalized spacial score (nSPS) is 10.8. The number of rotatable bonds is 6. The number of carboxylic acid groups (broad SMARTS) is 1. The van der Waals surface area contributed by atoms with E-state index in [4.69, 9.17) is 5.73 Å². The van der Waals surface area contributed by atoms with Crippen molar-refractivity contribution >= 4 is 34.3 Å². The van der Waals surface area contributed by atoms with Crippen LogP contribution in [0.3, 0.4) is 0 Å². The molecule has 0 saturated heterocycles. The Hall–Kier alpha value is -4.13. The number of nitrogens with zero attached hydrogens (tertiary/aromatic N) is 2. The van der Waals surface area contributed by atoms with Crippen LogP contribution >= 0.6 is 0 Å². The lowest BCUT2D eigenvalue weighted by atomic mass is 10.1. The predicted octanol–water partition coefficient (Wildman–Crippen LogP) is 3.55. The summed E-state index contributed by atoms with van der Waals surface area (Å²) in [5.41, 5.74) is 9.68. The van der Waals surface area contributed by atoms with Crippen LogP contribution < -0.4 is 11.1 Å². The molecule has 0 aliphatic rings. The molecule has 7 heteroatoms. The van der Waals surface area contributed by atoms with Crippen molar-refractivity contribution in [1.29, 1.82) is 0 Å². The van der Waals surface area contributed by atoms with E-state index < -0.39 is 5.97 Å². The number of nitrogen functional groups attached to an aromatic ring is 1. The topological polar surface area (TPSA) is 110 Å². The van der Waals surface area contributed by atoms with E-state index in [9.17, 15) is 14.7 Å². The largest absolute Gasteiger partial charge is 0.480 e. The van der Waals surface area contributed by atoms with E-state index in [0.717, 1.165) is 5.56 Å². The first kappa shape index (κ1) is 19.2. The molecule has 30 heavy (non-hydrogen) atoms. The molecule has 0 aliphatic carbocycles. The monoisotopic (exact) mass is 400 g/mol. The number of nitrogens with one attached hydrogen (secondary N) is 1. The number of hydrogen-bond acceptors (Lipinski definition) is 4. The van der Waals surface area contributed by atoms with Crippen molar-refractivity contribution in [2.45, 2.75) is 13.0 Å². The van der Waals surface area contributed by atoms with Crippen LogP contribution in [0.15, 0.2) is 72.8 Å². The van der Waals surface area contributed by atoms with Gasteiger partial charge in [0.25, 0.3) is 5.91 Å². The highest BCUT2D eigenvalue weighted by Gasteiger charge is 2.15. The molecular formula is C23H20N4O3. The number of fused-ring (bicyclic) bond motifs is 1. The summed E-state index contributed by atoms with van der Waals surface area (Å²) in [6.07, 6.45) is 0.510. The van der Waals surface area contributed by atoms with Crippen LogP contribution in [-0.2, 0) is 17.8 Å². The van der Waals surface area contributed by atoms with Crippen molar-refractivity contribution in [1.82, 2.24) is 9.55 Å². The van der Waals surface area contributed by atoms with E-state index in [1.54, 1.807) is 47.0 Å². The lowest BCUT2D eigenvalue weighted by Gasteiger charge is -2.08. The Kier molecular flexibility index (Phi) is 5.17. The number of amides is 1. The van der Waals surface area contributed by atoms with Gasteiger partial charge in [-0.1, -0.05) is 30.3 Å². The number of aromatic nitrogens is 2. The molecular weight excluding hydrogens is 380 g/mol. The Morgan fingerprint density at radius 2 is 1.73 bits per heavy atom. The van der Waals surface area contributed by atoms with Gasteiger partial charge < -0.3 is 20.7 Å². The van der Waals surface area contributed by atoms with Crippen molar-refractivity contribution in [3.8, 4) is 0 Å². The minimum Gasteiger partial charge on any atom is -0.480 e. The van der Waals surface area contributed by atoms with E-state index in [2.05, 4.69) is 10.3 Å². The first-order valence-corrected chi connectivity index (χ1v) is 9.41. The van der Waals surface area contributed by atoms with Crippen molar-refractivity contribution < 1.29 is 14.7 Å². The molecule has 4 aromatic rings. The molecule has 0 fully saturated rings. The number of nitrogens with two attached hydrogens (primary N) is 1. The molecule has 150 valence electrons. The first-order valence-electron chi connectivity index (χ1n) is 9.41. The van der Waals surface area contributed by atoms with Gasteiger partial charge in [0.15, 0.2) is 0 Å². The molecule has 0 radical (unpaired) electrons. The van der Waals surface area contributed by atoms with Gasteiger partial charge in [0.1, 0.15) is 12.4 Å². The number of aliphatic carboxylic acids is 1. The zero-order valence-corrected chi connectivity index (χ0v) is 16.1. The molecule has 7 nitrogen and oxygen atoms in total. The number of carboxylic acids is 1. The third kappa shape index (κ3) is 4.15. The fourth-order valence-electron chi connectivity index (χ4n) is 3.32. The summed E-state index contributed by atoms with van der Waals surface area (Å²) in [6, 6.07) is 21.7. The van der Waals surface area contributed by atoms with E-state index in [1.165, 1.54) is 0 Å². The maximum absolute atomic E-state index is 12.5. The number of carbonyl (C=O) groups is 2. The number of hydrogen-bond donors (Lipinski definition) is 3. The Morgan fingerprint density at radius 1 is 1.00 bits per heavy atom. The molecule has 1 aromatic heterocycles. The third-order valence-electron chi connectivity index (χ3n) is 4.76. The second-order valence-electron chi connectivity index (χ2n) is 6.95. The lowest BCUT2D eigenvalue weighted by molar-refractivity contribution is -0.137. The molecule has 4 rings (SSSR count). The molecule has 0 aliphatic heterocycles. The van der Waals surface area contributed by atoms with Gasteiger partial charge >= 0.3 is 5.97 Å². The second-order valence-corrected chi connectivity index (χ2v) is 6.95. The van der Waals surface area contributed by atoms with Crippen molar-refractivity contribution in [2.24, 2.45) is 0 Å². The summed E-state index contributed by atoms with van der Waals surface area (Å²) in [5, 5.41) is 12.2. The summed E-state index contributed by atoms with van der Waals surface area (Å²) < 4.78 is 1.69. The molecule has 4 N–H and O–H groups in total. The van der Waals surface area contributed by atoms with E-state index in [-0.39, 0.29) is 12.5 Å². The first-order chi connectivity index (χ1) is 14.5. The van der Waals surface area contributed by atoms with Gasteiger partial charge in [-0.15, -0.1) is 0 Å². The minimum absolute atomic E-state index is 0.185. The van der Waals surface area contributed by atoms with Crippen LogP contribution in [0.25, 0.3) is 11.0 Å². The summed E-state index contributed by atoms with van der Waals surface area (Å²) in [5.74, 6) is -0.547. The van der Waals surface area contributed by atoms with E-state index >= 15 is 0 Å². The van der Waals surface area contributed by atoms with Crippen LogP contribution in [0, 0.1) is 0 Å². The van der Waals surface area contributed by atoms with Gasteiger partial charge in [-0.3, -0.25) is 9.59 Å². The molecule has 0 spiro atoms. The number of imidazole rings is 1. The van der Waals surface area contributed by atoms with Crippen molar-refractivity contribution in [2.75, 3.05) is 11.1 Å². The molecule has 3 aromatic carbocycles. The average molecular weight is 400 g/mol. The smallest absolute Gasteiger partial charge is 0.323 e. The quantitative estimate of drug-likeness (QED) is 0.429. The highest BCUT2D eigenvalue weighted by molar-refractivity contribution is 6.05. The fraction of sp³-hybridized carbons (Fsp3) is 0.0870. The molecule has 1 heterocycles. The van der Waals surface area contributed by atoms with E-state index in [0.29, 0.717) is 40.2 Å². The summed E-state index contributed by atoms with van der Waals surface area (Å²) >= 11 is 0. The lowest BCUT2D eigenvalue weighted by Crippen LogP contribution is -2.12. The fourth-order valence-corrected chi connectivity index (χ4v) is 3.32. The Morgan fingerprint density at radius 3 is 2.43 bits per heavy atom. The van der Waals surface area contributed by atoms with Gasteiger partial charge in [-0.25, -0.2) is 4.98 Å². The van der Waals surface area contributed by atoms with Gasteiger partial charge in [-0.2, -0.15) is 0 Å².